The molecule has 1 aromatic carbocycles. The molecule has 1 unspecified atom stereocenters. The van der Waals surface area contributed by atoms with Crippen molar-refractivity contribution in [3.8, 4) is 11.5 Å². The fraction of sp³-hybridized carbons (Fsp3) is 0.524. The lowest BCUT2D eigenvalue weighted by atomic mass is 10.0. The Kier molecular flexibility index (Phi) is 9.06. The van der Waals surface area contributed by atoms with Crippen LogP contribution in [0.3, 0.4) is 0 Å². The van der Waals surface area contributed by atoms with Crippen molar-refractivity contribution < 1.29 is 9.47 Å². The molecular formula is C21H32IN5O2. The SMILES string of the molecule is CN=C(NCCCc1ccc(OC)c(OC)c1)N1CCC(c2cnn(C)c2)C1.I. The molecule has 0 amide bonds. The number of nitrogens with zero attached hydrogens (tertiary/aromatic N) is 4. The number of rotatable bonds is 7. The molecule has 1 atom stereocenters. The van der Waals surface area contributed by atoms with Gasteiger partial charge in [0.2, 0.25) is 0 Å². The molecule has 1 aromatic heterocycles. The van der Waals surface area contributed by atoms with Crippen LogP contribution in [0.5, 0.6) is 11.5 Å². The number of aromatic nitrogens is 2. The first-order valence-corrected chi connectivity index (χ1v) is 9.79. The van der Waals surface area contributed by atoms with Crippen molar-refractivity contribution in [3.63, 3.8) is 0 Å². The predicted octanol–water partition coefficient (Wildman–Crippen LogP) is 3.05. The molecule has 29 heavy (non-hydrogen) atoms. The molecule has 0 bridgehead atoms. The van der Waals surface area contributed by atoms with Crippen LogP contribution in [0.4, 0.5) is 0 Å². The minimum absolute atomic E-state index is 0. The van der Waals surface area contributed by atoms with Gasteiger partial charge in [-0.05, 0) is 42.5 Å². The predicted molar refractivity (Wildman–Crippen MR) is 127 cm³/mol. The highest BCUT2D eigenvalue weighted by Crippen LogP contribution is 2.28. The highest BCUT2D eigenvalue weighted by Gasteiger charge is 2.26. The maximum absolute atomic E-state index is 5.38. The number of aliphatic imine (C=N–C) groups is 1. The molecule has 1 saturated heterocycles. The molecule has 2 heterocycles. The quantitative estimate of drug-likeness (QED) is 0.267. The average molecular weight is 513 g/mol. The highest BCUT2D eigenvalue weighted by molar-refractivity contribution is 14.0. The van der Waals surface area contributed by atoms with E-state index in [0.29, 0.717) is 5.92 Å². The van der Waals surface area contributed by atoms with Gasteiger partial charge < -0.3 is 19.7 Å². The summed E-state index contributed by atoms with van der Waals surface area (Å²) in [4.78, 5) is 6.81. The summed E-state index contributed by atoms with van der Waals surface area (Å²) in [5.41, 5.74) is 2.56. The number of guanidine groups is 1. The Morgan fingerprint density at radius 3 is 2.72 bits per heavy atom. The maximum atomic E-state index is 5.38. The van der Waals surface area contributed by atoms with Gasteiger partial charge in [-0.1, -0.05) is 6.07 Å². The Bertz CT molecular complexity index is 808. The standard InChI is InChI=1S/C21H31N5O2.HI/c1-22-21(26-11-9-17(15-26)18-13-24-25(2)14-18)23-10-5-6-16-7-8-19(27-3)20(12-16)28-4;/h7-8,12-14,17H,5-6,9-11,15H2,1-4H3,(H,22,23);1H. The van der Waals surface area contributed by atoms with Crippen molar-refractivity contribution >= 4 is 29.9 Å². The number of hydrogen-bond acceptors (Lipinski definition) is 4. The van der Waals surface area contributed by atoms with Crippen LogP contribution in [0.1, 0.15) is 29.9 Å². The molecule has 1 aliphatic heterocycles. The molecule has 0 spiro atoms. The van der Waals surface area contributed by atoms with Gasteiger partial charge in [-0.15, -0.1) is 24.0 Å². The van der Waals surface area contributed by atoms with Crippen LogP contribution in [0.15, 0.2) is 35.6 Å². The van der Waals surface area contributed by atoms with Crippen molar-refractivity contribution in [2.75, 3.05) is 40.9 Å². The van der Waals surface area contributed by atoms with Crippen LogP contribution in [0.25, 0.3) is 0 Å². The second-order valence-corrected chi connectivity index (χ2v) is 7.15. The third-order valence-corrected chi connectivity index (χ3v) is 5.27. The maximum Gasteiger partial charge on any atom is 0.193 e. The fourth-order valence-corrected chi connectivity index (χ4v) is 3.74. The second-order valence-electron chi connectivity index (χ2n) is 7.15. The number of halogens is 1. The molecule has 1 N–H and O–H groups in total. The molecule has 0 radical (unpaired) electrons. The molecule has 1 fully saturated rings. The van der Waals surface area contributed by atoms with E-state index in [4.69, 9.17) is 9.47 Å². The van der Waals surface area contributed by atoms with E-state index < -0.39 is 0 Å². The number of benzene rings is 1. The summed E-state index contributed by atoms with van der Waals surface area (Å²) < 4.78 is 12.6. The van der Waals surface area contributed by atoms with Crippen LogP contribution < -0.4 is 14.8 Å². The van der Waals surface area contributed by atoms with Crippen molar-refractivity contribution in [3.05, 3.63) is 41.7 Å². The average Bonchev–Trinajstić information content (AvgIpc) is 3.37. The number of aryl methyl sites for hydroxylation is 2. The van der Waals surface area contributed by atoms with E-state index in [9.17, 15) is 0 Å². The summed E-state index contributed by atoms with van der Waals surface area (Å²) >= 11 is 0. The number of hydrogen-bond donors (Lipinski definition) is 1. The molecule has 0 saturated carbocycles. The molecule has 3 rings (SSSR count). The number of likely N-dealkylation sites (tertiary alicyclic amines) is 1. The smallest absolute Gasteiger partial charge is 0.193 e. The van der Waals surface area contributed by atoms with E-state index in [1.54, 1.807) is 14.2 Å². The van der Waals surface area contributed by atoms with Crippen LogP contribution in [-0.2, 0) is 13.5 Å². The molecule has 0 aliphatic carbocycles. The fourth-order valence-electron chi connectivity index (χ4n) is 3.74. The lowest BCUT2D eigenvalue weighted by Crippen LogP contribution is -2.40. The van der Waals surface area contributed by atoms with Gasteiger partial charge in [0.15, 0.2) is 17.5 Å². The summed E-state index contributed by atoms with van der Waals surface area (Å²) in [5, 5.41) is 7.81. The topological polar surface area (TPSA) is 63.9 Å². The van der Waals surface area contributed by atoms with E-state index in [1.165, 1.54) is 11.1 Å². The number of methoxy groups -OCH3 is 2. The van der Waals surface area contributed by atoms with Crippen LogP contribution >= 0.6 is 24.0 Å². The summed E-state index contributed by atoms with van der Waals surface area (Å²) in [6.07, 6.45) is 7.23. The summed E-state index contributed by atoms with van der Waals surface area (Å²) in [7, 11) is 7.15. The Hall–Kier alpha value is -1.97. The molecule has 2 aromatic rings. The van der Waals surface area contributed by atoms with Crippen molar-refractivity contribution in [1.82, 2.24) is 20.0 Å². The largest absolute Gasteiger partial charge is 0.493 e. The zero-order valence-corrected chi connectivity index (χ0v) is 20.1. The molecule has 7 nitrogen and oxygen atoms in total. The lowest BCUT2D eigenvalue weighted by molar-refractivity contribution is 0.354. The van der Waals surface area contributed by atoms with Crippen LogP contribution in [0, 0.1) is 0 Å². The van der Waals surface area contributed by atoms with Crippen LogP contribution in [0.2, 0.25) is 0 Å². The van der Waals surface area contributed by atoms with Gasteiger partial charge in [-0.3, -0.25) is 9.67 Å². The van der Waals surface area contributed by atoms with E-state index in [-0.39, 0.29) is 24.0 Å². The molecule has 160 valence electrons. The van der Waals surface area contributed by atoms with Gasteiger partial charge in [0.1, 0.15) is 0 Å². The van der Waals surface area contributed by atoms with Crippen LogP contribution in [-0.4, -0.2) is 61.5 Å². The zero-order valence-electron chi connectivity index (χ0n) is 17.7. The van der Waals surface area contributed by atoms with E-state index in [1.807, 2.05) is 37.1 Å². The second kappa shape index (κ2) is 11.3. The molecular weight excluding hydrogens is 481 g/mol. The van der Waals surface area contributed by atoms with E-state index in [2.05, 4.69) is 32.6 Å². The van der Waals surface area contributed by atoms with Gasteiger partial charge in [0.05, 0.1) is 20.4 Å². The van der Waals surface area contributed by atoms with Gasteiger partial charge in [-0.2, -0.15) is 5.10 Å². The van der Waals surface area contributed by atoms with Crippen molar-refractivity contribution in [1.29, 1.82) is 0 Å². The van der Waals surface area contributed by atoms with E-state index >= 15 is 0 Å². The minimum Gasteiger partial charge on any atom is -0.493 e. The van der Waals surface area contributed by atoms with Gasteiger partial charge in [0, 0.05) is 45.8 Å². The third kappa shape index (κ3) is 6.01. The Morgan fingerprint density at radius 2 is 2.07 bits per heavy atom. The number of nitrogens with one attached hydrogen (secondary N) is 1. The first-order valence-electron chi connectivity index (χ1n) is 9.79. The van der Waals surface area contributed by atoms with E-state index in [0.717, 1.165) is 56.4 Å². The first-order chi connectivity index (χ1) is 13.6. The van der Waals surface area contributed by atoms with Crippen molar-refractivity contribution in [2.24, 2.45) is 12.0 Å². The summed E-state index contributed by atoms with van der Waals surface area (Å²) in [5.74, 6) is 3.06. The highest BCUT2D eigenvalue weighted by atomic mass is 127. The van der Waals surface area contributed by atoms with Gasteiger partial charge in [0.25, 0.3) is 0 Å². The zero-order chi connectivity index (χ0) is 19.9. The monoisotopic (exact) mass is 513 g/mol. The Balaban J connectivity index is 0.00000300. The molecule has 1 aliphatic rings. The van der Waals surface area contributed by atoms with Crippen molar-refractivity contribution in [2.45, 2.75) is 25.2 Å². The Labute approximate surface area is 190 Å². The lowest BCUT2D eigenvalue weighted by Gasteiger charge is -2.21. The van der Waals surface area contributed by atoms with Gasteiger partial charge >= 0.3 is 0 Å². The normalized spacial score (nSPS) is 16.5. The number of ether oxygens (including phenoxy) is 2. The summed E-state index contributed by atoms with van der Waals surface area (Å²) in [6.45, 7) is 2.89. The van der Waals surface area contributed by atoms with Gasteiger partial charge in [-0.25, -0.2) is 0 Å². The minimum atomic E-state index is 0. The first kappa shape index (κ1) is 23.3. The molecule has 8 heteroatoms. The Morgan fingerprint density at radius 1 is 1.28 bits per heavy atom. The summed E-state index contributed by atoms with van der Waals surface area (Å²) in [6, 6.07) is 6.10. The third-order valence-electron chi connectivity index (χ3n) is 5.27.